The number of benzene rings is 1. The highest BCUT2D eigenvalue weighted by molar-refractivity contribution is 7.17. The number of nitrogens with one attached hydrogen (secondary N) is 3. The lowest BCUT2D eigenvalue weighted by atomic mass is 10.1. The Balaban J connectivity index is 1.20. The zero-order valence-corrected chi connectivity index (χ0v) is 20.6. The van der Waals surface area contributed by atoms with Crippen molar-refractivity contribution in [2.75, 3.05) is 54.9 Å². The van der Waals surface area contributed by atoms with E-state index in [1.807, 2.05) is 47.8 Å². The maximum Gasteiger partial charge on any atom is 0.256 e. The Kier molecular flexibility index (Phi) is 6.46. The van der Waals surface area contributed by atoms with Crippen molar-refractivity contribution >= 4 is 44.8 Å². The second kappa shape index (κ2) is 10.2. The molecule has 5 heterocycles. The van der Waals surface area contributed by atoms with Gasteiger partial charge < -0.3 is 25.6 Å². The molecule has 0 aliphatic carbocycles. The third kappa shape index (κ3) is 4.88. The largest absolute Gasteiger partial charge is 0.378 e. The molecule has 0 unspecified atom stereocenters. The molecule has 0 radical (unpaired) electrons. The van der Waals surface area contributed by atoms with Crippen molar-refractivity contribution in [3.63, 3.8) is 0 Å². The number of thiophene rings is 1. The molecule has 184 valence electrons. The molecule has 3 N–H and O–H groups in total. The van der Waals surface area contributed by atoms with Crippen LogP contribution in [0.25, 0.3) is 21.6 Å². The molecule has 2 aliphatic rings. The highest BCUT2D eigenvalue weighted by atomic mass is 32.1. The molecule has 4 aromatic rings. The number of rotatable bonds is 6. The van der Waals surface area contributed by atoms with E-state index in [0.29, 0.717) is 23.2 Å². The van der Waals surface area contributed by atoms with E-state index in [4.69, 9.17) is 14.7 Å². The Bertz CT molecular complexity index is 1360. The van der Waals surface area contributed by atoms with Gasteiger partial charge in [-0.1, -0.05) is 0 Å². The standard InChI is InChI=1S/C26H27N7O2S/c34-26(17-1-3-20(4-2-17)33-10-12-35-13-11-33)31-22-15-18(5-9-28-22)24-30-21-7-14-36-23(21)25(32-24)29-19-6-8-27-16-19/h1-5,7,9,14-15,19,27H,6,8,10-13,16H2,(H,28,31,34)(H,29,30,32)/t19-/m1/s1. The molecule has 0 spiro atoms. The smallest absolute Gasteiger partial charge is 0.256 e. The Morgan fingerprint density at radius 3 is 2.78 bits per heavy atom. The lowest BCUT2D eigenvalue weighted by Gasteiger charge is -2.28. The van der Waals surface area contributed by atoms with Gasteiger partial charge in [-0.15, -0.1) is 11.3 Å². The van der Waals surface area contributed by atoms with E-state index in [2.05, 4.69) is 25.8 Å². The zero-order chi connectivity index (χ0) is 24.3. The van der Waals surface area contributed by atoms with Gasteiger partial charge in [0, 0.05) is 48.7 Å². The van der Waals surface area contributed by atoms with E-state index in [1.54, 1.807) is 17.5 Å². The predicted octanol–water partition coefficient (Wildman–Crippen LogP) is 3.62. The summed E-state index contributed by atoms with van der Waals surface area (Å²) in [5.74, 6) is 1.69. The molecule has 9 nitrogen and oxygen atoms in total. The van der Waals surface area contributed by atoms with Gasteiger partial charge in [0.1, 0.15) is 11.6 Å². The molecule has 2 fully saturated rings. The number of pyridine rings is 1. The second-order valence-electron chi connectivity index (χ2n) is 8.90. The molecule has 6 rings (SSSR count). The van der Waals surface area contributed by atoms with Crippen LogP contribution in [0.1, 0.15) is 16.8 Å². The summed E-state index contributed by atoms with van der Waals surface area (Å²) in [5.41, 5.74) is 3.37. The Morgan fingerprint density at radius 2 is 1.97 bits per heavy atom. The van der Waals surface area contributed by atoms with E-state index in [9.17, 15) is 4.79 Å². The van der Waals surface area contributed by atoms with Crippen molar-refractivity contribution < 1.29 is 9.53 Å². The molecule has 1 aromatic carbocycles. The lowest BCUT2D eigenvalue weighted by molar-refractivity contribution is 0.102. The van der Waals surface area contributed by atoms with Crippen LogP contribution >= 0.6 is 11.3 Å². The van der Waals surface area contributed by atoms with Crippen LogP contribution < -0.4 is 20.9 Å². The first kappa shape index (κ1) is 22.8. The van der Waals surface area contributed by atoms with Gasteiger partial charge in [-0.3, -0.25) is 4.79 Å². The average Bonchev–Trinajstić information content (AvgIpc) is 3.62. The van der Waals surface area contributed by atoms with Crippen molar-refractivity contribution in [1.82, 2.24) is 20.3 Å². The number of carbonyl (C=O) groups is 1. The summed E-state index contributed by atoms with van der Waals surface area (Å²) in [5, 5.41) is 11.9. The number of amides is 1. The molecule has 0 saturated carbocycles. The van der Waals surface area contributed by atoms with Crippen LogP contribution in [0.2, 0.25) is 0 Å². The van der Waals surface area contributed by atoms with E-state index >= 15 is 0 Å². The van der Waals surface area contributed by atoms with E-state index in [0.717, 1.165) is 73.1 Å². The van der Waals surface area contributed by atoms with E-state index < -0.39 is 0 Å². The maximum atomic E-state index is 12.9. The number of morpholine rings is 1. The predicted molar refractivity (Wildman–Crippen MR) is 143 cm³/mol. The van der Waals surface area contributed by atoms with Gasteiger partial charge in [0.2, 0.25) is 0 Å². The monoisotopic (exact) mass is 501 g/mol. The Hall–Kier alpha value is -3.60. The highest BCUT2D eigenvalue weighted by Crippen LogP contribution is 2.30. The molecule has 2 aliphatic heterocycles. The molecule has 1 amide bonds. The first-order valence-corrected chi connectivity index (χ1v) is 13.0. The number of hydrogen-bond donors (Lipinski definition) is 3. The summed E-state index contributed by atoms with van der Waals surface area (Å²) >= 11 is 1.63. The van der Waals surface area contributed by atoms with Crippen molar-refractivity contribution in [2.45, 2.75) is 12.5 Å². The fourth-order valence-electron chi connectivity index (χ4n) is 4.53. The summed E-state index contributed by atoms with van der Waals surface area (Å²) in [4.78, 5) is 29.1. The molecule has 0 bridgehead atoms. The Labute approximate surface area is 212 Å². The Morgan fingerprint density at radius 1 is 1.11 bits per heavy atom. The minimum atomic E-state index is -0.210. The molecular weight excluding hydrogens is 474 g/mol. The van der Waals surface area contributed by atoms with Crippen molar-refractivity contribution in [3.05, 3.63) is 59.6 Å². The van der Waals surface area contributed by atoms with Crippen molar-refractivity contribution in [1.29, 1.82) is 0 Å². The SMILES string of the molecule is O=C(Nc1cc(-c2nc(N[C@@H]3CCNC3)c3sccc3n2)ccn1)c1ccc(N2CCOCC2)cc1. The van der Waals surface area contributed by atoms with Gasteiger partial charge in [-0.25, -0.2) is 15.0 Å². The van der Waals surface area contributed by atoms with Crippen molar-refractivity contribution in [3.8, 4) is 11.4 Å². The third-order valence-corrected chi connectivity index (χ3v) is 7.38. The van der Waals surface area contributed by atoms with Crippen LogP contribution in [0, 0.1) is 0 Å². The molecule has 1 atom stereocenters. The van der Waals surface area contributed by atoms with Crippen LogP contribution in [0.5, 0.6) is 0 Å². The van der Waals surface area contributed by atoms with E-state index in [1.165, 1.54) is 0 Å². The molecule has 2 saturated heterocycles. The maximum absolute atomic E-state index is 12.9. The van der Waals surface area contributed by atoms with Crippen LogP contribution in [0.3, 0.4) is 0 Å². The number of aromatic nitrogens is 3. The third-order valence-electron chi connectivity index (χ3n) is 6.47. The van der Waals surface area contributed by atoms with Gasteiger partial charge >= 0.3 is 0 Å². The first-order valence-electron chi connectivity index (χ1n) is 12.2. The number of anilines is 3. The van der Waals surface area contributed by atoms with Gasteiger partial charge in [0.15, 0.2) is 5.82 Å². The zero-order valence-electron chi connectivity index (χ0n) is 19.7. The fourth-order valence-corrected chi connectivity index (χ4v) is 5.32. The number of carbonyl (C=O) groups excluding carboxylic acids is 1. The van der Waals surface area contributed by atoms with Gasteiger partial charge in [-0.2, -0.15) is 0 Å². The summed E-state index contributed by atoms with van der Waals surface area (Å²) in [6, 6.07) is 13.7. The summed E-state index contributed by atoms with van der Waals surface area (Å²) in [6.07, 6.45) is 2.73. The number of fused-ring (bicyclic) bond motifs is 1. The minimum absolute atomic E-state index is 0.210. The van der Waals surface area contributed by atoms with Gasteiger partial charge in [-0.05, 0) is 60.8 Å². The lowest BCUT2D eigenvalue weighted by Crippen LogP contribution is -2.36. The van der Waals surface area contributed by atoms with Crippen LogP contribution in [-0.2, 0) is 4.74 Å². The summed E-state index contributed by atoms with van der Waals surface area (Å²) < 4.78 is 6.47. The van der Waals surface area contributed by atoms with Gasteiger partial charge in [0.05, 0.1) is 23.4 Å². The first-order chi connectivity index (χ1) is 17.7. The summed E-state index contributed by atoms with van der Waals surface area (Å²) in [6.45, 7) is 5.09. The van der Waals surface area contributed by atoms with Crippen LogP contribution in [0.4, 0.5) is 17.3 Å². The van der Waals surface area contributed by atoms with Crippen molar-refractivity contribution in [2.24, 2.45) is 0 Å². The fraction of sp³-hybridized carbons (Fsp3) is 0.308. The molecule has 10 heteroatoms. The highest BCUT2D eigenvalue weighted by Gasteiger charge is 2.18. The minimum Gasteiger partial charge on any atom is -0.378 e. The van der Waals surface area contributed by atoms with Gasteiger partial charge in [0.25, 0.3) is 5.91 Å². The topological polar surface area (TPSA) is 104 Å². The van der Waals surface area contributed by atoms with E-state index in [-0.39, 0.29) is 5.91 Å². The number of nitrogens with zero attached hydrogens (tertiary/aromatic N) is 4. The van der Waals surface area contributed by atoms with Crippen LogP contribution in [-0.4, -0.2) is 66.3 Å². The molecule has 3 aromatic heterocycles. The average molecular weight is 502 g/mol. The molecule has 36 heavy (non-hydrogen) atoms. The quantitative estimate of drug-likeness (QED) is 0.368. The van der Waals surface area contributed by atoms with Crippen LogP contribution in [0.15, 0.2) is 54.0 Å². The summed E-state index contributed by atoms with van der Waals surface area (Å²) in [7, 11) is 0. The number of hydrogen-bond acceptors (Lipinski definition) is 9. The number of ether oxygens (including phenoxy) is 1. The molecular formula is C26H27N7O2S. The second-order valence-corrected chi connectivity index (χ2v) is 9.81. The normalized spacial score (nSPS) is 17.9.